The third-order valence-electron chi connectivity index (χ3n) is 2.46. The quantitative estimate of drug-likeness (QED) is 0.594. The molecule has 0 aliphatic carbocycles. The molecule has 19 heavy (non-hydrogen) atoms. The van der Waals surface area contributed by atoms with Crippen LogP contribution in [-0.4, -0.2) is 26.4 Å². The van der Waals surface area contributed by atoms with Gasteiger partial charge in [-0.2, -0.15) is 0 Å². The van der Waals surface area contributed by atoms with Crippen molar-refractivity contribution in [2.45, 2.75) is 36.9 Å². The van der Waals surface area contributed by atoms with Crippen molar-refractivity contribution in [3.8, 4) is 0 Å². The van der Waals surface area contributed by atoms with Crippen LogP contribution in [0.5, 0.6) is 0 Å². The van der Waals surface area contributed by atoms with Gasteiger partial charge in [-0.15, -0.1) is 0 Å². The van der Waals surface area contributed by atoms with Gasteiger partial charge in [0.2, 0.25) is 0 Å². The van der Waals surface area contributed by atoms with Crippen molar-refractivity contribution < 1.29 is 13.3 Å². The fraction of sp³-hybridized carbons (Fsp3) is 0.600. The molecule has 1 aromatic rings. The van der Waals surface area contributed by atoms with Gasteiger partial charge in [0.05, 0.1) is 4.92 Å². The van der Waals surface area contributed by atoms with Gasteiger partial charge in [0.1, 0.15) is 4.21 Å². The van der Waals surface area contributed by atoms with Crippen molar-refractivity contribution in [3.63, 3.8) is 0 Å². The number of nitro groups is 1. The Labute approximate surface area is 116 Å². The van der Waals surface area contributed by atoms with E-state index in [2.05, 4.69) is 10.0 Å². The molecule has 9 heteroatoms. The Balaban J connectivity index is 3.05. The highest BCUT2D eigenvalue weighted by molar-refractivity contribution is 7.91. The van der Waals surface area contributed by atoms with E-state index in [1.54, 1.807) is 6.92 Å². The van der Waals surface area contributed by atoms with Gasteiger partial charge in [-0.3, -0.25) is 10.1 Å². The van der Waals surface area contributed by atoms with Crippen LogP contribution >= 0.6 is 11.3 Å². The van der Waals surface area contributed by atoms with E-state index in [0.717, 1.165) is 23.8 Å². The fourth-order valence-corrected chi connectivity index (χ4v) is 4.20. The SMILES string of the molecule is CCCC(C)NS(=O)(=O)c1cc([N+](=O)[O-])c(NC)s1. The average Bonchev–Trinajstić information content (AvgIpc) is 2.73. The van der Waals surface area contributed by atoms with Crippen LogP contribution in [0.1, 0.15) is 26.7 Å². The highest BCUT2D eigenvalue weighted by Gasteiger charge is 2.26. The smallest absolute Gasteiger partial charge is 0.304 e. The molecule has 0 fully saturated rings. The van der Waals surface area contributed by atoms with E-state index in [9.17, 15) is 18.5 Å². The Morgan fingerprint density at radius 3 is 2.58 bits per heavy atom. The number of anilines is 1. The summed E-state index contributed by atoms with van der Waals surface area (Å²) < 4.78 is 26.6. The largest absolute Gasteiger partial charge is 0.374 e. The van der Waals surface area contributed by atoms with Crippen molar-refractivity contribution in [1.29, 1.82) is 0 Å². The van der Waals surface area contributed by atoms with Crippen LogP contribution in [-0.2, 0) is 10.0 Å². The molecule has 1 atom stereocenters. The molecule has 2 N–H and O–H groups in total. The lowest BCUT2D eigenvalue weighted by atomic mass is 10.2. The van der Waals surface area contributed by atoms with Crippen molar-refractivity contribution in [2.75, 3.05) is 12.4 Å². The van der Waals surface area contributed by atoms with E-state index in [4.69, 9.17) is 0 Å². The summed E-state index contributed by atoms with van der Waals surface area (Å²) >= 11 is 0.852. The number of nitrogens with zero attached hydrogens (tertiary/aromatic N) is 1. The molecule has 0 bridgehead atoms. The minimum atomic E-state index is -3.70. The molecular formula is C10H17N3O4S2. The number of hydrogen-bond donors (Lipinski definition) is 2. The lowest BCUT2D eigenvalue weighted by Crippen LogP contribution is -2.31. The predicted octanol–water partition coefficient (Wildman–Crippen LogP) is 2.16. The van der Waals surface area contributed by atoms with Gasteiger partial charge >= 0.3 is 5.69 Å². The molecule has 0 amide bonds. The lowest BCUT2D eigenvalue weighted by molar-refractivity contribution is -0.383. The molecule has 7 nitrogen and oxygen atoms in total. The van der Waals surface area contributed by atoms with E-state index < -0.39 is 14.9 Å². The number of rotatable bonds is 7. The first kappa shape index (κ1) is 15.9. The van der Waals surface area contributed by atoms with E-state index >= 15 is 0 Å². The second-order valence-corrected chi connectivity index (χ2v) is 7.09. The highest BCUT2D eigenvalue weighted by atomic mass is 32.2. The molecule has 1 rings (SSSR count). The minimum Gasteiger partial charge on any atom is -0.374 e. The number of thiophene rings is 1. The van der Waals surface area contributed by atoms with E-state index in [1.807, 2.05) is 6.92 Å². The molecule has 0 aliphatic rings. The normalized spacial score (nSPS) is 13.2. The van der Waals surface area contributed by atoms with Gasteiger partial charge in [0, 0.05) is 19.2 Å². The van der Waals surface area contributed by atoms with Gasteiger partial charge in [-0.25, -0.2) is 13.1 Å². The van der Waals surface area contributed by atoms with Crippen LogP contribution < -0.4 is 10.0 Å². The topological polar surface area (TPSA) is 101 Å². The van der Waals surface area contributed by atoms with Gasteiger partial charge in [-0.1, -0.05) is 24.7 Å². The van der Waals surface area contributed by atoms with E-state index in [-0.39, 0.29) is 20.9 Å². The third kappa shape index (κ3) is 3.88. The Morgan fingerprint density at radius 2 is 2.16 bits per heavy atom. The molecule has 0 aliphatic heterocycles. The van der Waals surface area contributed by atoms with Gasteiger partial charge in [0.25, 0.3) is 10.0 Å². The van der Waals surface area contributed by atoms with E-state index in [0.29, 0.717) is 6.42 Å². The zero-order chi connectivity index (χ0) is 14.6. The molecular weight excluding hydrogens is 290 g/mol. The summed E-state index contributed by atoms with van der Waals surface area (Å²) in [5.41, 5.74) is -0.226. The Hall–Kier alpha value is -1.19. The number of sulfonamides is 1. The average molecular weight is 307 g/mol. The second kappa shape index (κ2) is 6.31. The molecule has 108 valence electrons. The van der Waals surface area contributed by atoms with Gasteiger partial charge in [0.15, 0.2) is 5.00 Å². The van der Waals surface area contributed by atoms with Crippen molar-refractivity contribution in [2.24, 2.45) is 0 Å². The maximum Gasteiger partial charge on any atom is 0.304 e. The van der Waals surface area contributed by atoms with Gasteiger partial charge < -0.3 is 5.32 Å². The van der Waals surface area contributed by atoms with Crippen LogP contribution in [0.3, 0.4) is 0 Å². The standard InChI is InChI=1S/C10H17N3O4S2/c1-4-5-7(2)12-19(16,17)9-6-8(13(14)15)10(11-3)18-9/h6-7,11-12H,4-5H2,1-3H3. The Kier molecular flexibility index (Phi) is 5.27. The lowest BCUT2D eigenvalue weighted by Gasteiger charge is -2.11. The van der Waals surface area contributed by atoms with E-state index in [1.165, 1.54) is 7.05 Å². The number of hydrogen-bond acceptors (Lipinski definition) is 6. The highest BCUT2D eigenvalue weighted by Crippen LogP contribution is 2.36. The zero-order valence-electron chi connectivity index (χ0n) is 11.0. The van der Waals surface area contributed by atoms with Crippen LogP contribution in [0.4, 0.5) is 10.7 Å². The van der Waals surface area contributed by atoms with Crippen molar-refractivity contribution in [1.82, 2.24) is 4.72 Å². The first-order valence-corrected chi connectivity index (χ1v) is 8.10. The third-order valence-corrected chi connectivity index (χ3v) is 5.66. The van der Waals surface area contributed by atoms with Crippen LogP contribution in [0, 0.1) is 10.1 Å². The summed E-state index contributed by atoms with van der Waals surface area (Å²) in [5.74, 6) is 0. The molecule has 1 heterocycles. The first-order chi connectivity index (χ1) is 8.81. The van der Waals surface area contributed by atoms with Crippen LogP contribution in [0.15, 0.2) is 10.3 Å². The maximum atomic E-state index is 12.1. The number of nitrogens with one attached hydrogen (secondary N) is 2. The summed E-state index contributed by atoms with van der Waals surface area (Å²) in [5, 5.41) is 13.7. The summed E-state index contributed by atoms with van der Waals surface area (Å²) in [4.78, 5) is 10.2. The maximum absolute atomic E-state index is 12.1. The molecule has 1 unspecified atom stereocenters. The second-order valence-electron chi connectivity index (χ2n) is 4.10. The van der Waals surface area contributed by atoms with Crippen molar-refractivity contribution >= 4 is 32.0 Å². The Bertz CT molecular complexity index is 553. The van der Waals surface area contributed by atoms with Crippen LogP contribution in [0.2, 0.25) is 0 Å². The fourth-order valence-electron chi connectivity index (χ4n) is 1.62. The monoisotopic (exact) mass is 307 g/mol. The summed E-state index contributed by atoms with van der Waals surface area (Å²) in [6.07, 6.45) is 1.57. The summed E-state index contributed by atoms with van der Waals surface area (Å²) in [7, 11) is -2.19. The van der Waals surface area contributed by atoms with Crippen molar-refractivity contribution in [3.05, 3.63) is 16.2 Å². The predicted molar refractivity (Wildman–Crippen MR) is 75.2 cm³/mol. The molecule has 0 saturated heterocycles. The van der Waals surface area contributed by atoms with Gasteiger partial charge in [-0.05, 0) is 13.3 Å². The summed E-state index contributed by atoms with van der Waals surface area (Å²) in [6.45, 7) is 3.72. The Morgan fingerprint density at radius 1 is 1.53 bits per heavy atom. The molecule has 0 radical (unpaired) electrons. The molecule has 0 saturated carbocycles. The molecule has 1 aromatic heterocycles. The first-order valence-electron chi connectivity index (χ1n) is 5.80. The minimum absolute atomic E-state index is 0.0495. The van der Waals surface area contributed by atoms with Crippen LogP contribution in [0.25, 0.3) is 0 Å². The summed E-state index contributed by atoms with van der Waals surface area (Å²) in [6, 6.07) is 0.881. The molecule has 0 spiro atoms. The zero-order valence-corrected chi connectivity index (χ0v) is 12.6. The molecule has 0 aromatic carbocycles.